The molecule has 0 rings (SSSR count). The second-order valence-corrected chi connectivity index (χ2v) is 0. The van der Waals surface area contributed by atoms with Crippen LogP contribution in [0.4, 0.5) is 0 Å². The summed E-state index contributed by atoms with van der Waals surface area (Å²) in [5.74, 6) is 0. The molecule has 0 heterocycles. The van der Waals surface area contributed by atoms with E-state index in [-0.39, 0.29) is 145 Å². The van der Waals surface area contributed by atoms with Gasteiger partial charge >= 0.3 is 0 Å². The van der Waals surface area contributed by atoms with Gasteiger partial charge in [-0.1, -0.05) is 0 Å². The van der Waals surface area contributed by atoms with Crippen molar-refractivity contribution in [3.8, 4) is 0 Å². The van der Waals surface area contributed by atoms with Gasteiger partial charge in [0.05, 0.1) is 8.41 Å². The van der Waals surface area contributed by atoms with Crippen molar-refractivity contribution in [1.29, 1.82) is 0 Å². The third-order valence-corrected chi connectivity index (χ3v) is 0. The molecule has 0 aromatic carbocycles. The largest absolute Gasteiger partial charge is 0.0814 e. The van der Waals surface area contributed by atoms with E-state index in [2.05, 4.69) is 0 Å². The predicted molar refractivity (Wildman–Crippen MR) is 9.94 cm³/mol. The summed E-state index contributed by atoms with van der Waals surface area (Å²) in [6.45, 7) is 0. The van der Waals surface area contributed by atoms with Crippen molar-refractivity contribution in [3.05, 3.63) is 0 Å². The van der Waals surface area contributed by atoms with Crippen LogP contribution >= 0.6 is 0 Å². The zero-order valence-electron chi connectivity index (χ0n) is 2.25. The van der Waals surface area contributed by atoms with Crippen molar-refractivity contribution in [2.24, 2.45) is 0 Å². The second kappa shape index (κ2) is 47.0. The van der Waals surface area contributed by atoms with Crippen molar-refractivity contribution >= 4 is 8.41 Å². The zero-order chi connectivity index (χ0) is 0. The molecule has 0 fully saturated rings. The SMILES string of the molecule is B.[Co].[Cr].[Nd].[Pd].[Pt].[Re]. The maximum Gasteiger partial charge on any atom is 0.0814 e. The van der Waals surface area contributed by atoms with Crippen LogP contribution in [0.15, 0.2) is 0 Å². The molecule has 0 nitrogen and oxygen atoms in total. The van der Waals surface area contributed by atoms with Gasteiger partial charge in [0.2, 0.25) is 0 Å². The quantitative estimate of drug-likeness (QED) is 0.273. The molecule has 7 heteroatoms. The normalized spacial score (nSPS) is 0. The standard InChI is InChI=1S/BH3.Co.Cr.Nd.Pd.Pt.Re/h1H3;;;;;;. The first-order valence-corrected chi connectivity index (χ1v) is 0. The topological polar surface area (TPSA) is 0 Å². The molecule has 0 aliphatic heterocycles. The van der Waals surface area contributed by atoms with E-state index < -0.39 is 0 Å². The monoisotopic (exact) mass is 755 g/mol. The molecule has 0 bridgehead atoms. The maximum absolute atomic E-state index is 0. The summed E-state index contributed by atoms with van der Waals surface area (Å²) < 4.78 is 0. The molecular weight excluding hydrogens is 754 g/mol. The van der Waals surface area contributed by atoms with E-state index in [1.54, 1.807) is 0 Å². The van der Waals surface area contributed by atoms with Crippen molar-refractivity contribution in [3.63, 3.8) is 0 Å². The van der Waals surface area contributed by atoms with Gasteiger partial charge in [-0.3, -0.25) is 0 Å². The Morgan fingerprint density at radius 2 is 1.00 bits per heavy atom. The number of rotatable bonds is 0. The van der Waals surface area contributed by atoms with Crippen LogP contribution in [-0.2, 0) is 96.1 Å². The van der Waals surface area contributed by atoms with Gasteiger partial charge < -0.3 is 0 Å². The van der Waals surface area contributed by atoms with Gasteiger partial charge in [-0.15, -0.1) is 0 Å². The van der Waals surface area contributed by atoms with Crippen molar-refractivity contribution in [2.45, 2.75) is 0 Å². The predicted octanol–water partition coefficient (Wildman–Crippen LogP) is -1.20. The van der Waals surface area contributed by atoms with Crippen LogP contribution in [0.1, 0.15) is 0 Å². The first-order chi connectivity index (χ1) is 0. The van der Waals surface area contributed by atoms with Crippen LogP contribution < -0.4 is 0 Å². The summed E-state index contributed by atoms with van der Waals surface area (Å²) in [7, 11) is 0. The van der Waals surface area contributed by atoms with Gasteiger partial charge in [-0.05, 0) is 0 Å². The van der Waals surface area contributed by atoms with Crippen LogP contribution in [0.2, 0.25) is 0 Å². The summed E-state index contributed by atoms with van der Waals surface area (Å²) in [5.41, 5.74) is 0. The summed E-state index contributed by atoms with van der Waals surface area (Å²) in [6, 6.07) is 0. The minimum absolute atomic E-state index is 0. The fourth-order valence-electron chi connectivity index (χ4n) is 0. The van der Waals surface area contributed by atoms with E-state index in [1.807, 2.05) is 0 Å². The fourth-order valence-corrected chi connectivity index (χ4v) is 0. The average Bonchev–Trinajstić information content (AvgIpc) is 0. The van der Waals surface area contributed by atoms with Gasteiger partial charge in [-0.2, -0.15) is 0 Å². The molecule has 0 saturated heterocycles. The molecule has 52 valence electrons. The van der Waals surface area contributed by atoms with Crippen molar-refractivity contribution in [2.75, 3.05) is 0 Å². The van der Waals surface area contributed by atoms with Crippen molar-refractivity contribution in [1.82, 2.24) is 0 Å². The van der Waals surface area contributed by atoms with Gasteiger partial charge in [0.1, 0.15) is 0 Å². The Kier molecular flexibility index (Phi) is 423. The molecule has 0 aromatic rings. The van der Waals surface area contributed by atoms with Gasteiger partial charge in [0.25, 0.3) is 0 Å². The molecule has 0 atom stereocenters. The fraction of sp³-hybridized carbons (Fsp3) is 0. The van der Waals surface area contributed by atoms with E-state index >= 15 is 0 Å². The summed E-state index contributed by atoms with van der Waals surface area (Å²) in [5, 5.41) is 0. The van der Waals surface area contributed by atoms with Crippen LogP contribution in [-0.4, -0.2) is 8.41 Å². The molecule has 0 unspecified atom stereocenters. The van der Waals surface area contributed by atoms with Crippen LogP contribution in [0, 0.1) is 40.8 Å². The molecule has 0 amide bonds. The molecule has 0 aliphatic carbocycles. The van der Waals surface area contributed by atoms with Crippen LogP contribution in [0.5, 0.6) is 0 Å². The van der Waals surface area contributed by atoms with Gasteiger partial charge in [0.15, 0.2) is 0 Å². The molecule has 0 aliphatic rings. The third-order valence-electron chi connectivity index (χ3n) is 0. The van der Waals surface area contributed by atoms with E-state index in [0.717, 1.165) is 0 Å². The van der Waals surface area contributed by atoms with Gasteiger partial charge in [0, 0.05) is 137 Å². The molecule has 0 N–H and O–H groups in total. The van der Waals surface area contributed by atoms with E-state index in [4.69, 9.17) is 0 Å². The van der Waals surface area contributed by atoms with Crippen LogP contribution in [0.3, 0.4) is 0 Å². The zero-order valence-corrected chi connectivity index (χ0v) is 14.3. The van der Waals surface area contributed by atoms with E-state index in [1.165, 1.54) is 0 Å². The van der Waals surface area contributed by atoms with Gasteiger partial charge in [-0.25, -0.2) is 0 Å². The first-order valence-electron chi connectivity index (χ1n) is 0. The van der Waals surface area contributed by atoms with E-state index in [0.29, 0.717) is 0 Å². The second-order valence-electron chi connectivity index (χ2n) is 0. The maximum atomic E-state index is 0. The Morgan fingerprint density at radius 1 is 1.00 bits per heavy atom. The summed E-state index contributed by atoms with van der Waals surface area (Å²) in [4.78, 5) is 0. The summed E-state index contributed by atoms with van der Waals surface area (Å²) >= 11 is 0. The molecule has 0 spiro atoms. The Balaban J connectivity index is 0. The molecule has 0 saturated carbocycles. The Morgan fingerprint density at radius 3 is 1.00 bits per heavy atom. The Hall–Kier alpha value is 4.47. The first kappa shape index (κ1) is 63.0. The number of hydrogen-bond donors (Lipinski definition) is 0. The Bertz CT molecular complexity index is 19.7. The molecule has 7 heavy (non-hydrogen) atoms. The number of hydrogen-bond acceptors (Lipinski definition) is 0. The molecule has 0 aromatic heterocycles. The molecule has 2 radical (unpaired) electrons. The molecular formula is H3BCoCrNdPdPtRe. The minimum Gasteiger partial charge on any atom is 0 e. The van der Waals surface area contributed by atoms with Crippen molar-refractivity contribution < 1.29 is 137 Å². The average molecular weight is 757 g/mol. The van der Waals surface area contributed by atoms with Crippen LogP contribution in [0.25, 0.3) is 0 Å². The Labute approximate surface area is 142 Å². The third kappa shape index (κ3) is 37.6. The minimum atomic E-state index is 0. The smallest absolute Gasteiger partial charge is 0 e. The summed E-state index contributed by atoms with van der Waals surface area (Å²) in [6.07, 6.45) is 0. The van der Waals surface area contributed by atoms with E-state index in [9.17, 15) is 0 Å².